The summed E-state index contributed by atoms with van der Waals surface area (Å²) in [4.78, 5) is 0. The lowest BCUT2D eigenvalue weighted by molar-refractivity contribution is 0.114. The lowest BCUT2D eigenvalue weighted by Gasteiger charge is -1.95. The molecule has 1 atom stereocenters. The Balaban J connectivity index is 1.74. The Morgan fingerprint density at radius 2 is 2.50 bits per heavy atom. The van der Waals surface area contributed by atoms with Crippen LogP contribution in [-0.2, 0) is 4.74 Å². The second-order valence-electron chi connectivity index (χ2n) is 2.12. The molecule has 0 aliphatic carbocycles. The fourth-order valence-electron chi connectivity index (χ4n) is 0.536. The van der Waals surface area contributed by atoms with Crippen LogP contribution in [0.25, 0.3) is 0 Å². The first-order valence-corrected chi connectivity index (χ1v) is 3.28. The van der Waals surface area contributed by atoms with Gasteiger partial charge in [-0.2, -0.15) is 0 Å². The molecule has 0 amide bonds. The second kappa shape index (κ2) is 3.05. The minimum Gasteiger partial charge on any atom is -0.362 e. The van der Waals surface area contributed by atoms with E-state index in [1.165, 1.54) is 12.8 Å². The maximum Gasteiger partial charge on any atom is 0.120 e. The van der Waals surface area contributed by atoms with Gasteiger partial charge in [0.1, 0.15) is 6.23 Å². The number of unbranched alkanes of at least 4 members (excludes halogenated alkanes) is 1. The normalized spacial score (nSPS) is 25.9. The van der Waals surface area contributed by atoms with Crippen LogP contribution in [0, 0.1) is 0 Å². The van der Waals surface area contributed by atoms with Gasteiger partial charge >= 0.3 is 0 Å². The first-order valence-electron chi connectivity index (χ1n) is 3.28. The largest absolute Gasteiger partial charge is 0.362 e. The van der Waals surface area contributed by atoms with Crippen molar-refractivity contribution in [2.45, 2.75) is 26.0 Å². The topological polar surface area (TPSA) is 31.2 Å². The van der Waals surface area contributed by atoms with Gasteiger partial charge < -0.3 is 4.74 Å². The van der Waals surface area contributed by atoms with E-state index in [2.05, 4.69) is 12.2 Å². The van der Waals surface area contributed by atoms with E-state index in [0.717, 1.165) is 13.2 Å². The third-order valence-corrected chi connectivity index (χ3v) is 1.19. The molecule has 0 saturated carbocycles. The van der Waals surface area contributed by atoms with Crippen LogP contribution in [0.5, 0.6) is 0 Å². The standard InChI is InChI=1S/C6H13NO/c1-2-3-4-8-6-5-7-6/h6-7H,2-5H2,1H3. The fourth-order valence-corrected chi connectivity index (χ4v) is 0.536. The molecule has 0 aromatic rings. The van der Waals surface area contributed by atoms with Crippen LogP contribution in [0.3, 0.4) is 0 Å². The van der Waals surface area contributed by atoms with Crippen LogP contribution in [0.1, 0.15) is 19.8 Å². The van der Waals surface area contributed by atoms with Gasteiger partial charge in [-0.3, -0.25) is 5.32 Å². The van der Waals surface area contributed by atoms with E-state index in [-0.39, 0.29) is 0 Å². The minimum atomic E-state index is 0.404. The number of hydrogen-bond donors (Lipinski definition) is 1. The molecule has 0 spiro atoms. The zero-order valence-electron chi connectivity index (χ0n) is 5.31. The van der Waals surface area contributed by atoms with Gasteiger partial charge in [0.25, 0.3) is 0 Å². The first kappa shape index (κ1) is 6.05. The third kappa shape index (κ3) is 2.28. The predicted octanol–water partition coefficient (Wildman–Crippen LogP) is 0.732. The average Bonchev–Trinajstić information content (AvgIpc) is 2.51. The van der Waals surface area contributed by atoms with E-state index in [9.17, 15) is 0 Å². The van der Waals surface area contributed by atoms with E-state index in [0.29, 0.717) is 6.23 Å². The van der Waals surface area contributed by atoms with Crippen molar-refractivity contribution in [3.63, 3.8) is 0 Å². The molecule has 1 unspecified atom stereocenters. The first-order chi connectivity index (χ1) is 3.93. The Morgan fingerprint density at radius 1 is 1.75 bits per heavy atom. The molecule has 0 bridgehead atoms. The number of rotatable bonds is 4. The van der Waals surface area contributed by atoms with Crippen LogP contribution in [0.15, 0.2) is 0 Å². The van der Waals surface area contributed by atoms with E-state index in [1.54, 1.807) is 0 Å². The Bertz CT molecular complexity index is 61.5. The summed E-state index contributed by atoms with van der Waals surface area (Å²) in [6, 6.07) is 0. The number of hydrogen-bond acceptors (Lipinski definition) is 2. The summed E-state index contributed by atoms with van der Waals surface area (Å²) in [7, 11) is 0. The van der Waals surface area contributed by atoms with E-state index in [4.69, 9.17) is 4.74 Å². The molecule has 1 saturated heterocycles. The molecule has 0 radical (unpaired) electrons. The SMILES string of the molecule is CCCCOC1CN1. The highest BCUT2D eigenvalue weighted by Gasteiger charge is 2.19. The van der Waals surface area contributed by atoms with Gasteiger partial charge in [-0.15, -0.1) is 0 Å². The third-order valence-electron chi connectivity index (χ3n) is 1.19. The Morgan fingerprint density at radius 3 is 3.00 bits per heavy atom. The van der Waals surface area contributed by atoms with Crippen molar-refractivity contribution in [2.24, 2.45) is 0 Å². The minimum absolute atomic E-state index is 0.404. The number of ether oxygens (including phenoxy) is 1. The molecule has 2 nitrogen and oxygen atoms in total. The molecule has 48 valence electrons. The summed E-state index contributed by atoms with van der Waals surface area (Å²) in [5.74, 6) is 0. The second-order valence-corrected chi connectivity index (χ2v) is 2.12. The zero-order valence-corrected chi connectivity index (χ0v) is 5.31. The van der Waals surface area contributed by atoms with Crippen LogP contribution in [0.2, 0.25) is 0 Å². The van der Waals surface area contributed by atoms with Crippen LogP contribution in [-0.4, -0.2) is 19.4 Å². The van der Waals surface area contributed by atoms with Crippen molar-refractivity contribution in [1.29, 1.82) is 0 Å². The Kier molecular flexibility index (Phi) is 2.30. The maximum absolute atomic E-state index is 5.28. The molecule has 1 rings (SSSR count). The highest BCUT2D eigenvalue weighted by atomic mass is 16.5. The van der Waals surface area contributed by atoms with Crippen molar-refractivity contribution < 1.29 is 4.74 Å². The molecule has 0 aromatic heterocycles. The van der Waals surface area contributed by atoms with Gasteiger partial charge in [0.05, 0.1) is 0 Å². The lowest BCUT2D eigenvalue weighted by Crippen LogP contribution is -1.99. The molecule has 0 aromatic carbocycles. The molecule has 2 heteroatoms. The monoisotopic (exact) mass is 115 g/mol. The van der Waals surface area contributed by atoms with Gasteiger partial charge in [0.15, 0.2) is 0 Å². The summed E-state index contributed by atoms with van der Waals surface area (Å²) in [6.45, 7) is 4.15. The van der Waals surface area contributed by atoms with Crippen LogP contribution >= 0.6 is 0 Å². The van der Waals surface area contributed by atoms with Crippen LogP contribution < -0.4 is 5.32 Å². The van der Waals surface area contributed by atoms with Crippen molar-refractivity contribution in [3.05, 3.63) is 0 Å². The predicted molar refractivity (Wildman–Crippen MR) is 32.7 cm³/mol. The molecule has 1 aliphatic heterocycles. The molecule has 1 aliphatic rings. The van der Waals surface area contributed by atoms with Gasteiger partial charge in [-0.05, 0) is 6.42 Å². The highest BCUT2D eigenvalue weighted by Crippen LogP contribution is 1.99. The van der Waals surface area contributed by atoms with Gasteiger partial charge in [0, 0.05) is 13.2 Å². The summed E-state index contributed by atoms with van der Waals surface area (Å²) in [5.41, 5.74) is 0. The molecule has 8 heavy (non-hydrogen) atoms. The van der Waals surface area contributed by atoms with Gasteiger partial charge in [-0.25, -0.2) is 0 Å². The smallest absolute Gasteiger partial charge is 0.120 e. The Hall–Kier alpha value is -0.0800. The summed E-state index contributed by atoms with van der Waals surface area (Å²) in [5, 5.41) is 3.07. The van der Waals surface area contributed by atoms with Gasteiger partial charge in [0.2, 0.25) is 0 Å². The number of nitrogens with one attached hydrogen (secondary N) is 1. The van der Waals surface area contributed by atoms with E-state index in [1.807, 2.05) is 0 Å². The molecule has 1 heterocycles. The molecular weight excluding hydrogens is 102 g/mol. The zero-order chi connectivity index (χ0) is 5.82. The Labute approximate surface area is 50.2 Å². The van der Waals surface area contributed by atoms with Crippen molar-refractivity contribution in [3.8, 4) is 0 Å². The van der Waals surface area contributed by atoms with Crippen molar-refractivity contribution in [2.75, 3.05) is 13.2 Å². The van der Waals surface area contributed by atoms with E-state index < -0.39 is 0 Å². The molecular formula is C6H13NO. The molecule has 1 fully saturated rings. The van der Waals surface area contributed by atoms with Crippen LogP contribution in [0.4, 0.5) is 0 Å². The fraction of sp³-hybridized carbons (Fsp3) is 1.00. The lowest BCUT2D eigenvalue weighted by atomic mass is 10.4. The van der Waals surface area contributed by atoms with Gasteiger partial charge in [-0.1, -0.05) is 13.3 Å². The summed E-state index contributed by atoms with van der Waals surface area (Å²) < 4.78 is 5.28. The average molecular weight is 115 g/mol. The van der Waals surface area contributed by atoms with Crippen molar-refractivity contribution >= 4 is 0 Å². The van der Waals surface area contributed by atoms with Crippen molar-refractivity contribution in [1.82, 2.24) is 5.32 Å². The molecule has 1 N–H and O–H groups in total. The maximum atomic E-state index is 5.28. The quantitative estimate of drug-likeness (QED) is 0.432. The summed E-state index contributed by atoms with van der Waals surface area (Å²) >= 11 is 0. The van der Waals surface area contributed by atoms with E-state index >= 15 is 0 Å². The summed E-state index contributed by atoms with van der Waals surface area (Å²) in [6.07, 6.45) is 2.83. The highest BCUT2D eigenvalue weighted by molar-refractivity contribution is 4.71.